The number of aliphatic carboxylic acids is 1. The van der Waals surface area contributed by atoms with Crippen LogP contribution in [-0.4, -0.2) is 57.6 Å². The van der Waals surface area contributed by atoms with Gasteiger partial charge in [-0.2, -0.15) is 0 Å². The Labute approximate surface area is 249 Å². The predicted molar refractivity (Wildman–Crippen MR) is 167 cm³/mol. The lowest BCUT2D eigenvalue weighted by molar-refractivity contribution is -0.145. The van der Waals surface area contributed by atoms with Crippen molar-refractivity contribution in [1.29, 1.82) is 0 Å². The SMILES string of the molecule is O=C(O)[C@@H]1[C@H]2CC[C@@H](CN1C(=O)N(c1ccccc1)c1ccccc1)N2C(=O)N1c2ccccc2C=Cc2ccccc21. The Morgan fingerprint density at radius 1 is 0.674 bits per heavy atom. The Kier molecular flexibility index (Phi) is 6.66. The van der Waals surface area contributed by atoms with E-state index in [1.807, 2.05) is 121 Å². The van der Waals surface area contributed by atoms with Gasteiger partial charge in [0.05, 0.1) is 34.8 Å². The largest absolute Gasteiger partial charge is 0.480 e. The molecule has 3 heterocycles. The first-order valence-corrected chi connectivity index (χ1v) is 14.4. The molecular formula is C35H30N4O4. The quantitative estimate of drug-likeness (QED) is 0.288. The van der Waals surface area contributed by atoms with Gasteiger partial charge < -0.3 is 14.9 Å². The third-order valence-electron chi connectivity index (χ3n) is 8.58. The number of rotatable bonds is 3. The second-order valence-corrected chi connectivity index (χ2v) is 11.0. The minimum absolute atomic E-state index is 0.115. The van der Waals surface area contributed by atoms with E-state index in [1.54, 1.807) is 14.7 Å². The van der Waals surface area contributed by atoms with Crippen LogP contribution in [0.15, 0.2) is 109 Å². The number of benzene rings is 4. The van der Waals surface area contributed by atoms with Crippen LogP contribution in [-0.2, 0) is 4.79 Å². The Balaban J connectivity index is 1.27. The molecule has 214 valence electrons. The number of anilines is 4. The smallest absolute Gasteiger partial charge is 0.329 e. The molecule has 0 saturated carbocycles. The van der Waals surface area contributed by atoms with Crippen molar-refractivity contribution in [3.8, 4) is 0 Å². The number of amides is 4. The molecule has 4 aromatic carbocycles. The number of likely N-dealkylation sites (tertiary alicyclic amines) is 1. The Hall–Kier alpha value is -5.37. The first-order chi connectivity index (χ1) is 21.0. The van der Waals surface area contributed by atoms with Gasteiger partial charge in [-0.15, -0.1) is 0 Å². The number of nitrogens with zero attached hydrogens (tertiary/aromatic N) is 4. The van der Waals surface area contributed by atoms with E-state index in [9.17, 15) is 19.5 Å². The number of piperazine rings is 1. The third-order valence-corrected chi connectivity index (χ3v) is 8.58. The first kappa shape index (κ1) is 26.5. The van der Waals surface area contributed by atoms with E-state index >= 15 is 0 Å². The molecule has 3 aliphatic heterocycles. The molecule has 8 nitrogen and oxygen atoms in total. The lowest BCUT2D eigenvalue weighted by Gasteiger charge is -2.47. The standard InChI is InChI=1S/C35H30N4O4/c40-33(41)32-31-22-21-28(23-36(32)34(42)37(26-13-3-1-4-14-26)27-15-5-2-6-16-27)38(31)35(43)39-29-17-9-7-11-24(29)19-20-25-12-8-10-18-30(25)39/h1-20,28,31-32H,21-23H2,(H,40,41)/t28-,31+,32-/m0/s1. The highest BCUT2D eigenvalue weighted by molar-refractivity contribution is 6.07. The molecule has 1 N–H and O–H groups in total. The fourth-order valence-electron chi connectivity index (χ4n) is 6.69. The van der Waals surface area contributed by atoms with E-state index in [0.29, 0.717) is 24.2 Å². The molecule has 8 heteroatoms. The van der Waals surface area contributed by atoms with Gasteiger partial charge in [0, 0.05) is 6.54 Å². The predicted octanol–water partition coefficient (Wildman–Crippen LogP) is 6.99. The van der Waals surface area contributed by atoms with E-state index in [2.05, 4.69) is 0 Å². The molecule has 4 amide bonds. The number of urea groups is 2. The zero-order chi connectivity index (χ0) is 29.5. The molecule has 2 saturated heterocycles. The van der Waals surface area contributed by atoms with Gasteiger partial charge in [-0.05, 0) is 60.4 Å². The topological polar surface area (TPSA) is 84.4 Å². The second-order valence-electron chi connectivity index (χ2n) is 11.0. The average molecular weight is 571 g/mol. The molecule has 0 aromatic heterocycles. The minimum atomic E-state index is -1.21. The van der Waals surface area contributed by atoms with E-state index in [1.165, 1.54) is 4.90 Å². The summed E-state index contributed by atoms with van der Waals surface area (Å²) < 4.78 is 0. The monoisotopic (exact) mass is 570 g/mol. The molecule has 3 atom stereocenters. The van der Waals surface area contributed by atoms with Gasteiger partial charge in [-0.25, -0.2) is 14.4 Å². The Morgan fingerprint density at radius 2 is 1.19 bits per heavy atom. The summed E-state index contributed by atoms with van der Waals surface area (Å²) in [5.74, 6) is -1.13. The van der Waals surface area contributed by atoms with E-state index in [4.69, 9.17) is 0 Å². The van der Waals surface area contributed by atoms with Crippen molar-refractivity contribution in [2.45, 2.75) is 31.0 Å². The van der Waals surface area contributed by atoms with Gasteiger partial charge in [-0.1, -0.05) is 84.9 Å². The van der Waals surface area contributed by atoms with Crippen molar-refractivity contribution < 1.29 is 19.5 Å². The molecule has 0 aliphatic carbocycles. The van der Waals surface area contributed by atoms with Gasteiger partial charge in [0.2, 0.25) is 0 Å². The summed E-state index contributed by atoms with van der Waals surface area (Å²) in [6.07, 6.45) is 5.09. The lowest BCUT2D eigenvalue weighted by atomic mass is 10.0. The van der Waals surface area contributed by atoms with Crippen LogP contribution in [0.3, 0.4) is 0 Å². The molecule has 3 aliphatic rings. The summed E-state index contributed by atoms with van der Waals surface area (Å²) in [6.45, 7) is 0.115. The van der Waals surface area contributed by atoms with Gasteiger partial charge in [0.1, 0.15) is 0 Å². The van der Waals surface area contributed by atoms with Crippen molar-refractivity contribution in [1.82, 2.24) is 9.80 Å². The number of para-hydroxylation sites is 4. The van der Waals surface area contributed by atoms with Crippen LogP contribution in [0.1, 0.15) is 24.0 Å². The summed E-state index contributed by atoms with van der Waals surface area (Å²) in [5.41, 5.74) is 4.53. The van der Waals surface area contributed by atoms with Gasteiger partial charge >= 0.3 is 18.0 Å². The molecule has 2 fully saturated rings. The van der Waals surface area contributed by atoms with Gasteiger partial charge in [-0.3, -0.25) is 9.80 Å². The number of carbonyl (C=O) groups excluding carboxylic acids is 2. The number of hydrogen-bond acceptors (Lipinski definition) is 3. The summed E-state index contributed by atoms with van der Waals surface area (Å²) in [5, 5.41) is 10.6. The molecule has 0 radical (unpaired) electrons. The summed E-state index contributed by atoms with van der Waals surface area (Å²) >= 11 is 0. The lowest BCUT2D eigenvalue weighted by Crippen LogP contribution is -2.67. The molecule has 0 unspecified atom stereocenters. The number of carbonyl (C=O) groups is 3. The van der Waals surface area contributed by atoms with Crippen LogP contribution in [0.2, 0.25) is 0 Å². The Morgan fingerprint density at radius 3 is 1.72 bits per heavy atom. The summed E-state index contributed by atoms with van der Waals surface area (Å²) in [7, 11) is 0. The zero-order valence-corrected chi connectivity index (χ0v) is 23.4. The zero-order valence-electron chi connectivity index (χ0n) is 23.4. The highest BCUT2D eigenvalue weighted by atomic mass is 16.4. The van der Waals surface area contributed by atoms with E-state index in [0.717, 1.165) is 22.5 Å². The number of carboxylic acids is 1. The molecule has 7 rings (SSSR count). The average Bonchev–Trinajstić information content (AvgIpc) is 3.23. The van der Waals surface area contributed by atoms with Crippen LogP contribution in [0.25, 0.3) is 12.2 Å². The van der Waals surface area contributed by atoms with Crippen molar-refractivity contribution in [2.75, 3.05) is 16.3 Å². The van der Waals surface area contributed by atoms with E-state index in [-0.39, 0.29) is 18.6 Å². The van der Waals surface area contributed by atoms with Crippen molar-refractivity contribution in [3.05, 3.63) is 120 Å². The highest BCUT2D eigenvalue weighted by Gasteiger charge is 2.54. The summed E-state index contributed by atoms with van der Waals surface area (Å²) in [4.78, 5) is 48.4. The van der Waals surface area contributed by atoms with Crippen LogP contribution in [0.5, 0.6) is 0 Å². The first-order valence-electron chi connectivity index (χ1n) is 14.4. The minimum Gasteiger partial charge on any atom is -0.480 e. The molecular weight excluding hydrogens is 540 g/mol. The maximum Gasteiger partial charge on any atom is 0.329 e. The van der Waals surface area contributed by atoms with Gasteiger partial charge in [0.25, 0.3) is 0 Å². The maximum atomic E-state index is 14.6. The van der Waals surface area contributed by atoms with Crippen LogP contribution < -0.4 is 9.80 Å². The van der Waals surface area contributed by atoms with Crippen molar-refractivity contribution in [3.63, 3.8) is 0 Å². The fraction of sp³-hybridized carbons (Fsp3) is 0.171. The number of fused-ring (bicyclic) bond motifs is 4. The van der Waals surface area contributed by atoms with Crippen LogP contribution in [0, 0.1) is 0 Å². The maximum absolute atomic E-state index is 14.6. The third kappa shape index (κ3) is 4.52. The van der Waals surface area contributed by atoms with E-state index < -0.39 is 24.1 Å². The van der Waals surface area contributed by atoms with Crippen LogP contribution >= 0.6 is 0 Å². The molecule has 4 aromatic rings. The van der Waals surface area contributed by atoms with Crippen molar-refractivity contribution >= 4 is 52.9 Å². The molecule has 0 spiro atoms. The number of carboxylic acid groups (broad SMARTS) is 1. The fourth-order valence-corrected chi connectivity index (χ4v) is 6.69. The van der Waals surface area contributed by atoms with Crippen LogP contribution in [0.4, 0.5) is 32.3 Å². The second kappa shape index (κ2) is 10.8. The Bertz CT molecular complexity index is 1640. The molecule has 43 heavy (non-hydrogen) atoms. The summed E-state index contributed by atoms with van der Waals surface area (Å²) in [6, 6.07) is 30.9. The van der Waals surface area contributed by atoms with Crippen molar-refractivity contribution in [2.24, 2.45) is 0 Å². The highest BCUT2D eigenvalue weighted by Crippen LogP contribution is 2.42. The molecule has 2 bridgehead atoms. The number of hydrogen-bond donors (Lipinski definition) is 1. The van der Waals surface area contributed by atoms with Gasteiger partial charge in [0.15, 0.2) is 6.04 Å². The normalized spacial score (nSPS) is 20.2.